The second-order valence-corrected chi connectivity index (χ2v) is 6.08. The third kappa shape index (κ3) is 3.94. The zero-order chi connectivity index (χ0) is 15.4. The molecule has 1 aromatic heterocycles. The molecule has 122 valence electrons. The van der Waals surface area contributed by atoms with Gasteiger partial charge in [0.2, 0.25) is 0 Å². The monoisotopic (exact) mass is 308 g/mol. The second kappa shape index (κ2) is 7.04. The van der Waals surface area contributed by atoms with E-state index in [9.17, 15) is 4.79 Å². The summed E-state index contributed by atoms with van der Waals surface area (Å²) in [5.41, 5.74) is 0. The van der Waals surface area contributed by atoms with Gasteiger partial charge in [-0.1, -0.05) is 6.92 Å². The van der Waals surface area contributed by atoms with Gasteiger partial charge >= 0.3 is 6.03 Å². The maximum absolute atomic E-state index is 12.3. The molecule has 0 bridgehead atoms. The molecule has 1 aliphatic heterocycles. The van der Waals surface area contributed by atoms with Crippen molar-refractivity contribution in [1.29, 1.82) is 0 Å². The van der Waals surface area contributed by atoms with Crippen LogP contribution in [0, 0.1) is 5.92 Å². The van der Waals surface area contributed by atoms with Crippen molar-refractivity contribution in [1.82, 2.24) is 30.4 Å². The predicted molar refractivity (Wildman–Crippen MR) is 79.0 cm³/mol. The number of aromatic nitrogens is 4. The van der Waals surface area contributed by atoms with Crippen molar-refractivity contribution in [3.8, 4) is 0 Å². The highest BCUT2D eigenvalue weighted by atomic mass is 16.5. The van der Waals surface area contributed by atoms with Crippen molar-refractivity contribution >= 4 is 6.03 Å². The minimum absolute atomic E-state index is 0.0649. The van der Waals surface area contributed by atoms with Gasteiger partial charge in [-0.15, -0.1) is 5.10 Å². The molecule has 1 aliphatic carbocycles. The molecule has 1 saturated heterocycles. The van der Waals surface area contributed by atoms with E-state index < -0.39 is 0 Å². The van der Waals surface area contributed by atoms with Crippen molar-refractivity contribution < 1.29 is 9.53 Å². The second-order valence-electron chi connectivity index (χ2n) is 6.08. The molecule has 1 aromatic rings. The van der Waals surface area contributed by atoms with Gasteiger partial charge in [-0.3, -0.25) is 0 Å². The molecule has 2 aliphatic rings. The smallest absolute Gasteiger partial charge is 0.317 e. The number of hydrogen-bond acceptors (Lipinski definition) is 5. The molecule has 1 unspecified atom stereocenters. The van der Waals surface area contributed by atoms with E-state index in [-0.39, 0.29) is 12.1 Å². The molecule has 2 amide bonds. The zero-order valence-corrected chi connectivity index (χ0v) is 13.1. The molecule has 2 heterocycles. The Kier molecular flexibility index (Phi) is 4.87. The largest absolute Gasteiger partial charge is 0.376 e. The van der Waals surface area contributed by atoms with Crippen LogP contribution in [0.1, 0.15) is 38.4 Å². The number of hydrogen-bond donors (Lipinski definition) is 1. The molecule has 22 heavy (non-hydrogen) atoms. The predicted octanol–water partition coefficient (Wildman–Crippen LogP) is 0.794. The quantitative estimate of drug-likeness (QED) is 0.869. The first-order chi connectivity index (χ1) is 10.8. The Morgan fingerprint density at radius 3 is 3.09 bits per heavy atom. The van der Waals surface area contributed by atoms with Crippen molar-refractivity contribution in [2.75, 3.05) is 19.7 Å². The molecule has 1 N–H and O–H groups in total. The van der Waals surface area contributed by atoms with Crippen LogP contribution in [-0.4, -0.2) is 56.9 Å². The maximum Gasteiger partial charge on any atom is 0.317 e. The first kappa shape index (κ1) is 15.2. The Bertz CT molecular complexity index is 501. The molecule has 3 rings (SSSR count). The van der Waals surface area contributed by atoms with Crippen LogP contribution in [0.25, 0.3) is 0 Å². The number of ether oxygens (including phenoxy) is 1. The number of carbonyl (C=O) groups is 1. The standard InChI is InChI=1S/C14H24N6O2/c1-2-12-10-19(6-3-7-22-12)14(21)15-8-13-16-17-18-20(13)9-11-4-5-11/h11-12H,2-10H2,1H3,(H,15,21). The van der Waals surface area contributed by atoms with Gasteiger partial charge in [-0.05, 0) is 42.0 Å². The average molecular weight is 308 g/mol. The lowest BCUT2D eigenvalue weighted by atomic mass is 10.2. The van der Waals surface area contributed by atoms with E-state index >= 15 is 0 Å². The topological polar surface area (TPSA) is 85.2 Å². The van der Waals surface area contributed by atoms with Gasteiger partial charge < -0.3 is 15.0 Å². The number of urea groups is 1. The van der Waals surface area contributed by atoms with Gasteiger partial charge in [0.05, 0.1) is 12.6 Å². The summed E-state index contributed by atoms with van der Waals surface area (Å²) in [7, 11) is 0. The minimum Gasteiger partial charge on any atom is -0.376 e. The fourth-order valence-corrected chi connectivity index (χ4v) is 2.63. The van der Waals surface area contributed by atoms with E-state index in [1.807, 2.05) is 4.90 Å². The lowest BCUT2D eigenvalue weighted by molar-refractivity contribution is 0.0554. The summed E-state index contributed by atoms with van der Waals surface area (Å²) in [5.74, 6) is 1.42. The van der Waals surface area contributed by atoms with E-state index in [4.69, 9.17) is 4.74 Å². The summed E-state index contributed by atoms with van der Waals surface area (Å²) < 4.78 is 7.50. The fourth-order valence-electron chi connectivity index (χ4n) is 2.63. The van der Waals surface area contributed by atoms with Crippen LogP contribution in [0.5, 0.6) is 0 Å². The summed E-state index contributed by atoms with van der Waals surface area (Å²) in [6.45, 7) is 5.41. The van der Waals surface area contributed by atoms with Crippen molar-refractivity contribution in [2.24, 2.45) is 5.92 Å². The molecule has 0 aromatic carbocycles. The van der Waals surface area contributed by atoms with Crippen LogP contribution in [0.15, 0.2) is 0 Å². The highest BCUT2D eigenvalue weighted by Gasteiger charge is 2.25. The maximum atomic E-state index is 12.3. The molecule has 8 heteroatoms. The third-order valence-electron chi connectivity index (χ3n) is 4.22. The number of tetrazole rings is 1. The lowest BCUT2D eigenvalue weighted by Gasteiger charge is -2.23. The summed E-state index contributed by atoms with van der Waals surface area (Å²) in [6.07, 6.45) is 4.43. The molecule has 1 saturated carbocycles. The highest BCUT2D eigenvalue weighted by Crippen LogP contribution is 2.30. The van der Waals surface area contributed by atoms with Crippen molar-refractivity contribution in [2.45, 2.75) is 51.8 Å². The Hall–Kier alpha value is -1.70. The average Bonchev–Trinajstić information content (AvgIpc) is 3.28. The van der Waals surface area contributed by atoms with E-state index in [1.165, 1.54) is 12.8 Å². The van der Waals surface area contributed by atoms with Crippen molar-refractivity contribution in [3.63, 3.8) is 0 Å². The number of nitrogens with zero attached hydrogens (tertiary/aromatic N) is 5. The Labute approximate surface area is 130 Å². The number of nitrogens with one attached hydrogen (secondary N) is 1. The first-order valence-corrected chi connectivity index (χ1v) is 8.15. The fraction of sp³-hybridized carbons (Fsp3) is 0.857. The Balaban J connectivity index is 1.51. The summed E-state index contributed by atoms with van der Waals surface area (Å²) in [4.78, 5) is 14.2. The van der Waals surface area contributed by atoms with E-state index in [0.29, 0.717) is 19.0 Å². The highest BCUT2D eigenvalue weighted by molar-refractivity contribution is 5.74. The van der Waals surface area contributed by atoms with Gasteiger partial charge in [0.15, 0.2) is 5.82 Å². The van der Waals surface area contributed by atoms with Gasteiger partial charge in [0, 0.05) is 26.2 Å². The van der Waals surface area contributed by atoms with Crippen LogP contribution < -0.4 is 5.32 Å². The van der Waals surface area contributed by atoms with Gasteiger partial charge in [0.25, 0.3) is 0 Å². The Morgan fingerprint density at radius 1 is 1.45 bits per heavy atom. The van der Waals surface area contributed by atoms with Crippen LogP contribution in [0.2, 0.25) is 0 Å². The number of amides is 2. The SMILES string of the molecule is CCC1CN(C(=O)NCc2nnnn2CC2CC2)CCCO1. The van der Waals surface area contributed by atoms with E-state index in [0.717, 1.165) is 38.4 Å². The zero-order valence-electron chi connectivity index (χ0n) is 13.1. The molecule has 0 radical (unpaired) electrons. The molecule has 0 spiro atoms. The van der Waals surface area contributed by atoms with E-state index in [2.05, 4.69) is 27.8 Å². The Morgan fingerprint density at radius 2 is 2.32 bits per heavy atom. The van der Waals surface area contributed by atoms with Crippen LogP contribution in [0.4, 0.5) is 4.79 Å². The number of carbonyl (C=O) groups excluding carboxylic acids is 1. The normalized spacial score (nSPS) is 22.4. The van der Waals surface area contributed by atoms with Gasteiger partial charge in [-0.2, -0.15) is 0 Å². The van der Waals surface area contributed by atoms with Crippen LogP contribution in [0.3, 0.4) is 0 Å². The third-order valence-corrected chi connectivity index (χ3v) is 4.22. The number of rotatable bonds is 5. The van der Waals surface area contributed by atoms with Crippen molar-refractivity contribution in [3.05, 3.63) is 5.82 Å². The van der Waals surface area contributed by atoms with Gasteiger partial charge in [0.1, 0.15) is 0 Å². The summed E-state index contributed by atoms with van der Waals surface area (Å²) in [6, 6.07) is -0.0649. The molecule has 8 nitrogen and oxygen atoms in total. The molecule has 1 atom stereocenters. The van der Waals surface area contributed by atoms with Crippen LogP contribution >= 0.6 is 0 Å². The summed E-state index contributed by atoms with van der Waals surface area (Å²) in [5, 5.41) is 14.6. The molecule has 2 fully saturated rings. The lowest BCUT2D eigenvalue weighted by Crippen LogP contribution is -2.43. The van der Waals surface area contributed by atoms with E-state index in [1.54, 1.807) is 4.68 Å². The summed E-state index contributed by atoms with van der Waals surface area (Å²) >= 11 is 0. The molecular weight excluding hydrogens is 284 g/mol. The molecular formula is C14H24N6O2. The minimum atomic E-state index is -0.0649. The van der Waals surface area contributed by atoms with Crippen LogP contribution in [-0.2, 0) is 17.8 Å². The first-order valence-electron chi connectivity index (χ1n) is 8.15. The van der Waals surface area contributed by atoms with Gasteiger partial charge in [-0.25, -0.2) is 9.48 Å².